The van der Waals surface area contributed by atoms with Crippen molar-refractivity contribution in [1.82, 2.24) is 15.5 Å². The van der Waals surface area contributed by atoms with E-state index in [2.05, 4.69) is 15.5 Å². The van der Waals surface area contributed by atoms with E-state index < -0.39 is 0 Å². The summed E-state index contributed by atoms with van der Waals surface area (Å²) in [5.74, 6) is 1.28. The summed E-state index contributed by atoms with van der Waals surface area (Å²) in [6.07, 6.45) is 3.63. The fourth-order valence-electron chi connectivity index (χ4n) is 1.88. The summed E-state index contributed by atoms with van der Waals surface area (Å²) < 4.78 is 5.50. The molecule has 0 aromatic carbocycles. The summed E-state index contributed by atoms with van der Waals surface area (Å²) in [6, 6.07) is 3.43. The molecule has 0 spiro atoms. The number of hydrogen-bond acceptors (Lipinski definition) is 4. The molecule has 0 aliphatic carbocycles. The lowest BCUT2D eigenvalue weighted by atomic mass is 9.97. The lowest BCUT2D eigenvalue weighted by Crippen LogP contribution is -2.30. The summed E-state index contributed by atoms with van der Waals surface area (Å²) in [5.41, 5.74) is 0. The van der Waals surface area contributed by atoms with Crippen LogP contribution < -0.4 is 10.1 Å². The van der Waals surface area contributed by atoms with Crippen LogP contribution >= 0.6 is 11.6 Å². The second-order valence-electron chi connectivity index (χ2n) is 4.04. The number of nitrogens with zero attached hydrogens (tertiary/aromatic N) is 2. The summed E-state index contributed by atoms with van der Waals surface area (Å²) in [5, 5.41) is 11.3. The molecule has 0 amide bonds. The number of aromatic nitrogens is 2. The predicted molar refractivity (Wildman–Crippen MR) is 62.7 cm³/mol. The van der Waals surface area contributed by atoms with Crippen LogP contribution in [0, 0.1) is 5.92 Å². The smallest absolute Gasteiger partial charge is 0.233 e. The molecule has 5 heteroatoms. The second-order valence-corrected chi connectivity index (χ2v) is 4.43. The molecule has 2 rings (SSSR count). The first-order chi connectivity index (χ1) is 7.84. The van der Waals surface area contributed by atoms with Crippen LogP contribution in [0.4, 0.5) is 0 Å². The van der Waals surface area contributed by atoms with Gasteiger partial charge in [-0.1, -0.05) is 11.6 Å². The molecular formula is C11H16ClN3O. The van der Waals surface area contributed by atoms with Gasteiger partial charge in [0.15, 0.2) is 5.15 Å². The van der Waals surface area contributed by atoms with E-state index in [4.69, 9.17) is 16.3 Å². The Labute approximate surface area is 100 Å². The highest BCUT2D eigenvalue weighted by molar-refractivity contribution is 6.29. The maximum atomic E-state index is 5.63. The van der Waals surface area contributed by atoms with E-state index >= 15 is 0 Å². The first-order valence-corrected chi connectivity index (χ1v) is 6.05. The fraction of sp³-hybridized carbons (Fsp3) is 0.636. The zero-order valence-corrected chi connectivity index (χ0v) is 9.91. The molecule has 1 fully saturated rings. The van der Waals surface area contributed by atoms with Crippen LogP contribution in [0.2, 0.25) is 5.15 Å². The van der Waals surface area contributed by atoms with E-state index in [-0.39, 0.29) is 0 Å². The second kappa shape index (κ2) is 6.01. The van der Waals surface area contributed by atoms with E-state index in [1.165, 1.54) is 12.8 Å². The largest absolute Gasteiger partial charge is 0.477 e. The van der Waals surface area contributed by atoms with Crippen molar-refractivity contribution < 1.29 is 4.74 Å². The Bertz CT molecular complexity index is 312. The van der Waals surface area contributed by atoms with E-state index in [1.807, 2.05) is 0 Å². The maximum absolute atomic E-state index is 5.63. The van der Waals surface area contributed by atoms with Crippen molar-refractivity contribution in [3.05, 3.63) is 17.3 Å². The van der Waals surface area contributed by atoms with Gasteiger partial charge in [0.1, 0.15) is 0 Å². The highest BCUT2D eigenvalue weighted by Crippen LogP contribution is 2.15. The van der Waals surface area contributed by atoms with Gasteiger partial charge >= 0.3 is 0 Å². The third-order valence-electron chi connectivity index (χ3n) is 2.78. The lowest BCUT2D eigenvalue weighted by molar-refractivity contribution is 0.245. The highest BCUT2D eigenvalue weighted by Gasteiger charge is 2.12. The number of halogens is 1. The van der Waals surface area contributed by atoms with Crippen molar-refractivity contribution in [2.45, 2.75) is 19.3 Å². The third kappa shape index (κ3) is 3.61. The number of ether oxygens (including phenoxy) is 1. The Morgan fingerprint density at radius 2 is 2.38 bits per heavy atom. The van der Waals surface area contributed by atoms with Gasteiger partial charge in [-0.15, -0.1) is 10.2 Å². The van der Waals surface area contributed by atoms with Gasteiger partial charge in [0.05, 0.1) is 6.61 Å². The molecule has 4 nitrogen and oxygen atoms in total. The minimum Gasteiger partial charge on any atom is -0.477 e. The van der Waals surface area contributed by atoms with Gasteiger partial charge in [-0.3, -0.25) is 0 Å². The molecule has 88 valence electrons. The molecule has 16 heavy (non-hydrogen) atoms. The van der Waals surface area contributed by atoms with Gasteiger partial charge in [-0.25, -0.2) is 0 Å². The monoisotopic (exact) mass is 241 g/mol. The van der Waals surface area contributed by atoms with Gasteiger partial charge in [-0.05, 0) is 44.3 Å². The number of piperidine rings is 1. The van der Waals surface area contributed by atoms with Crippen LogP contribution in [0.1, 0.15) is 19.3 Å². The fourth-order valence-corrected chi connectivity index (χ4v) is 1.98. The Hall–Kier alpha value is -0.870. The van der Waals surface area contributed by atoms with Crippen molar-refractivity contribution in [3.8, 4) is 5.88 Å². The topological polar surface area (TPSA) is 47.0 Å². The van der Waals surface area contributed by atoms with E-state index in [0.717, 1.165) is 25.4 Å². The Kier molecular flexibility index (Phi) is 4.36. The van der Waals surface area contributed by atoms with Crippen molar-refractivity contribution in [2.75, 3.05) is 19.7 Å². The first kappa shape index (κ1) is 11.6. The summed E-state index contributed by atoms with van der Waals surface area (Å²) >= 11 is 5.63. The Morgan fingerprint density at radius 1 is 1.44 bits per heavy atom. The van der Waals surface area contributed by atoms with Gasteiger partial charge in [0, 0.05) is 6.07 Å². The molecule has 0 bridgehead atoms. The average molecular weight is 242 g/mol. The van der Waals surface area contributed by atoms with Gasteiger partial charge in [-0.2, -0.15) is 0 Å². The van der Waals surface area contributed by atoms with Crippen LogP contribution in [-0.2, 0) is 0 Å². The van der Waals surface area contributed by atoms with Crippen molar-refractivity contribution in [3.63, 3.8) is 0 Å². The zero-order chi connectivity index (χ0) is 11.2. The standard InChI is InChI=1S/C11H16ClN3O/c12-10-3-4-11(15-14-10)16-7-5-9-2-1-6-13-8-9/h3-4,9,13H,1-2,5-8H2. The van der Waals surface area contributed by atoms with Crippen LogP contribution in [0.15, 0.2) is 12.1 Å². The van der Waals surface area contributed by atoms with Gasteiger partial charge in [0.2, 0.25) is 5.88 Å². The maximum Gasteiger partial charge on any atom is 0.233 e. The molecule has 1 atom stereocenters. The average Bonchev–Trinajstić information content (AvgIpc) is 2.33. The summed E-state index contributed by atoms with van der Waals surface area (Å²) in [7, 11) is 0. The van der Waals surface area contributed by atoms with Crippen molar-refractivity contribution in [1.29, 1.82) is 0 Å². The minimum atomic E-state index is 0.392. The Morgan fingerprint density at radius 3 is 3.06 bits per heavy atom. The molecule has 1 aromatic heterocycles. The molecule has 0 saturated carbocycles. The SMILES string of the molecule is Clc1ccc(OCCC2CCCNC2)nn1. The number of nitrogens with one attached hydrogen (secondary N) is 1. The van der Waals surface area contributed by atoms with Crippen molar-refractivity contribution >= 4 is 11.6 Å². The minimum absolute atomic E-state index is 0.392. The molecule has 2 heterocycles. The summed E-state index contributed by atoms with van der Waals surface area (Å²) in [6.45, 7) is 2.96. The van der Waals surface area contributed by atoms with Crippen LogP contribution in [0.3, 0.4) is 0 Å². The van der Waals surface area contributed by atoms with E-state index in [9.17, 15) is 0 Å². The van der Waals surface area contributed by atoms with Crippen molar-refractivity contribution in [2.24, 2.45) is 5.92 Å². The molecule has 1 saturated heterocycles. The lowest BCUT2D eigenvalue weighted by Gasteiger charge is -2.22. The van der Waals surface area contributed by atoms with Crippen LogP contribution in [0.25, 0.3) is 0 Å². The Balaban J connectivity index is 1.69. The van der Waals surface area contributed by atoms with Crippen LogP contribution in [-0.4, -0.2) is 29.9 Å². The number of rotatable bonds is 4. The molecule has 0 radical (unpaired) electrons. The van der Waals surface area contributed by atoms with E-state index in [1.54, 1.807) is 12.1 Å². The molecule has 1 aliphatic heterocycles. The molecule has 1 aromatic rings. The van der Waals surface area contributed by atoms with Gasteiger partial charge < -0.3 is 10.1 Å². The predicted octanol–water partition coefficient (Wildman–Crippen LogP) is 1.90. The van der Waals surface area contributed by atoms with Gasteiger partial charge in [0.25, 0.3) is 0 Å². The number of hydrogen-bond donors (Lipinski definition) is 1. The zero-order valence-electron chi connectivity index (χ0n) is 9.16. The van der Waals surface area contributed by atoms with Crippen LogP contribution in [0.5, 0.6) is 5.88 Å². The molecule has 1 unspecified atom stereocenters. The highest BCUT2D eigenvalue weighted by atomic mass is 35.5. The van der Waals surface area contributed by atoms with E-state index in [0.29, 0.717) is 17.6 Å². The first-order valence-electron chi connectivity index (χ1n) is 5.67. The quantitative estimate of drug-likeness (QED) is 0.875. The summed E-state index contributed by atoms with van der Waals surface area (Å²) in [4.78, 5) is 0. The molecule has 1 N–H and O–H groups in total. The molecule has 1 aliphatic rings. The molecular weight excluding hydrogens is 226 g/mol. The third-order valence-corrected chi connectivity index (χ3v) is 2.98. The normalized spacial score (nSPS) is 20.7.